The maximum atomic E-state index is 12.4. The van der Waals surface area contributed by atoms with Crippen LogP contribution in [0.1, 0.15) is 18.9 Å². The summed E-state index contributed by atoms with van der Waals surface area (Å²) in [4.78, 5) is 14.3. The number of sulfonamides is 1. The van der Waals surface area contributed by atoms with Crippen molar-refractivity contribution in [2.75, 3.05) is 18.0 Å². The molecule has 0 spiro atoms. The fourth-order valence-corrected chi connectivity index (χ4v) is 3.46. The summed E-state index contributed by atoms with van der Waals surface area (Å²) in [6.45, 7) is 4.47. The number of rotatable bonds is 7. The van der Waals surface area contributed by atoms with E-state index in [1.54, 1.807) is 23.1 Å². The number of nitrogens with zero attached hydrogens (tertiary/aromatic N) is 1. The summed E-state index contributed by atoms with van der Waals surface area (Å²) in [5.41, 5.74) is 1.90. The zero-order chi connectivity index (χ0) is 17.6. The molecule has 0 aliphatic rings. The van der Waals surface area contributed by atoms with E-state index in [4.69, 9.17) is 0 Å². The lowest BCUT2D eigenvalue weighted by molar-refractivity contribution is -0.118. The van der Waals surface area contributed by atoms with Gasteiger partial charge in [0, 0.05) is 25.2 Å². The first kappa shape index (κ1) is 18.2. The minimum atomic E-state index is -3.58. The first-order valence-corrected chi connectivity index (χ1v) is 9.34. The normalized spacial score (nSPS) is 11.2. The summed E-state index contributed by atoms with van der Waals surface area (Å²) < 4.78 is 26.7. The van der Waals surface area contributed by atoms with Gasteiger partial charge in [0.1, 0.15) is 0 Å². The van der Waals surface area contributed by atoms with Crippen LogP contribution in [-0.4, -0.2) is 27.4 Å². The highest BCUT2D eigenvalue weighted by molar-refractivity contribution is 7.89. The molecule has 1 N–H and O–H groups in total. The highest BCUT2D eigenvalue weighted by Gasteiger charge is 2.17. The highest BCUT2D eigenvalue weighted by atomic mass is 32.2. The molecule has 2 aromatic rings. The van der Waals surface area contributed by atoms with E-state index in [1.807, 2.05) is 38.1 Å². The number of benzene rings is 2. The van der Waals surface area contributed by atoms with Crippen LogP contribution in [0.25, 0.3) is 0 Å². The van der Waals surface area contributed by atoms with Crippen LogP contribution in [0.3, 0.4) is 0 Å². The molecule has 0 fully saturated rings. The van der Waals surface area contributed by atoms with E-state index in [2.05, 4.69) is 4.72 Å². The molecule has 0 atom stereocenters. The molecule has 2 aromatic carbocycles. The van der Waals surface area contributed by atoms with Crippen LogP contribution in [0.2, 0.25) is 0 Å². The summed E-state index contributed by atoms with van der Waals surface area (Å²) >= 11 is 0. The summed E-state index contributed by atoms with van der Waals surface area (Å²) in [7, 11) is -3.58. The zero-order valence-corrected chi connectivity index (χ0v) is 14.7. The van der Waals surface area contributed by atoms with E-state index in [1.165, 1.54) is 12.1 Å². The van der Waals surface area contributed by atoms with Crippen molar-refractivity contribution in [2.24, 2.45) is 0 Å². The summed E-state index contributed by atoms with van der Waals surface area (Å²) in [6.07, 6.45) is 0.105. The van der Waals surface area contributed by atoms with Crippen LogP contribution in [0.15, 0.2) is 59.5 Å². The quantitative estimate of drug-likeness (QED) is 0.838. The maximum absolute atomic E-state index is 12.4. The number of anilines is 1. The Kier molecular flexibility index (Phi) is 6.11. The van der Waals surface area contributed by atoms with Gasteiger partial charge in [-0.25, -0.2) is 13.1 Å². The fourth-order valence-electron chi connectivity index (χ4n) is 2.41. The van der Waals surface area contributed by atoms with Gasteiger partial charge in [0.05, 0.1) is 4.90 Å². The molecule has 0 saturated heterocycles. The molecule has 0 radical (unpaired) electrons. The molecule has 5 nitrogen and oxygen atoms in total. The van der Waals surface area contributed by atoms with Gasteiger partial charge in [-0.2, -0.15) is 0 Å². The van der Waals surface area contributed by atoms with Crippen LogP contribution < -0.4 is 9.62 Å². The zero-order valence-electron chi connectivity index (χ0n) is 13.9. The molecule has 0 aromatic heterocycles. The van der Waals surface area contributed by atoms with Gasteiger partial charge in [-0.1, -0.05) is 30.3 Å². The second-order valence-corrected chi connectivity index (χ2v) is 7.20. The summed E-state index contributed by atoms with van der Waals surface area (Å²) in [6, 6.07) is 15.8. The van der Waals surface area contributed by atoms with Crippen LogP contribution in [0, 0.1) is 6.92 Å². The molecule has 128 valence electrons. The van der Waals surface area contributed by atoms with Crippen molar-refractivity contribution in [2.45, 2.75) is 25.2 Å². The van der Waals surface area contributed by atoms with E-state index >= 15 is 0 Å². The number of aryl methyl sites for hydroxylation is 1. The number of carbonyl (C=O) groups is 1. The van der Waals surface area contributed by atoms with Gasteiger partial charge in [0.25, 0.3) is 0 Å². The smallest absolute Gasteiger partial charge is 0.240 e. The van der Waals surface area contributed by atoms with E-state index in [0.717, 1.165) is 11.3 Å². The van der Waals surface area contributed by atoms with Gasteiger partial charge < -0.3 is 4.90 Å². The number of nitrogens with one attached hydrogen (secondary N) is 1. The van der Waals surface area contributed by atoms with Crippen LogP contribution in [0.5, 0.6) is 0 Å². The van der Waals surface area contributed by atoms with Crippen LogP contribution in [-0.2, 0) is 14.8 Å². The molecule has 1 amide bonds. The SMILES string of the molecule is CCN(C(=O)CCNS(=O)(=O)c1ccccc1)c1cccc(C)c1. The minimum absolute atomic E-state index is 0.0678. The maximum Gasteiger partial charge on any atom is 0.240 e. The van der Waals surface area contributed by atoms with Crippen molar-refractivity contribution >= 4 is 21.6 Å². The number of amides is 1. The van der Waals surface area contributed by atoms with E-state index in [-0.39, 0.29) is 23.8 Å². The van der Waals surface area contributed by atoms with E-state index < -0.39 is 10.0 Å². The van der Waals surface area contributed by atoms with Crippen molar-refractivity contribution in [3.8, 4) is 0 Å². The Hall–Kier alpha value is -2.18. The molecule has 0 aliphatic heterocycles. The average Bonchev–Trinajstić information content (AvgIpc) is 2.56. The summed E-state index contributed by atoms with van der Waals surface area (Å²) in [5, 5.41) is 0. The molecule has 6 heteroatoms. The van der Waals surface area contributed by atoms with Crippen molar-refractivity contribution in [3.05, 3.63) is 60.2 Å². The highest BCUT2D eigenvalue weighted by Crippen LogP contribution is 2.16. The first-order valence-electron chi connectivity index (χ1n) is 7.86. The number of carbonyl (C=O) groups excluding carboxylic acids is 1. The van der Waals surface area contributed by atoms with Crippen molar-refractivity contribution in [1.29, 1.82) is 0 Å². The minimum Gasteiger partial charge on any atom is -0.313 e. The molecule has 0 heterocycles. The van der Waals surface area contributed by atoms with Gasteiger partial charge in [0.2, 0.25) is 15.9 Å². The molecule has 0 saturated carbocycles. The monoisotopic (exact) mass is 346 g/mol. The standard InChI is InChI=1S/C18H22N2O3S/c1-3-20(16-9-7-8-15(2)14-16)18(21)12-13-19-24(22,23)17-10-5-4-6-11-17/h4-11,14,19H,3,12-13H2,1-2H3. The Balaban J connectivity index is 1.97. The lowest BCUT2D eigenvalue weighted by Crippen LogP contribution is -2.34. The van der Waals surface area contributed by atoms with Gasteiger partial charge in [-0.15, -0.1) is 0 Å². The Bertz CT molecular complexity index is 789. The third-order valence-corrected chi connectivity index (χ3v) is 5.09. The Morgan fingerprint density at radius 2 is 1.79 bits per heavy atom. The second kappa shape index (κ2) is 8.08. The topological polar surface area (TPSA) is 66.5 Å². The Morgan fingerprint density at radius 1 is 1.08 bits per heavy atom. The third-order valence-electron chi connectivity index (χ3n) is 3.62. The van der Waals surface area contributed by atoms with E-state index in [0.29, 0.717) is 6.54 Å². The third kappa shape index (κ3) is 4.66. The van der Waals surface area contributed by atoms with Crippen molar-refractivity contribution in [1.82, 2.24) is 4.72 Å². The van der Waals surface area contributed by atoms with Gasteiger partial charge in [-0.3, -0.25) is 4.79 Å². The predicted octanol–water partition coefficient (Wildman–Crippen LogP) is 2.72. The predicted molar refractivity (Wildman–Crippen MR) is 95.5 cm³/mol. The molecule has 2 rings (SSSR count). The summed E-state index contributed by atoms with van der Waals surface area (Å²) in [5.74, 6) is -0.112. The van der Waals surface area contributed by atoms with Crippen molar-refractivity contribution in [3.63, 3.8) is 0 Å². The lowest BCUT2D eigenvalue weighted by atomic mass is 10.2. The van der Waals surface area contributed by atoms with Gasteiger partial charge >= 0.3 is 0 Å². The molecule has 0 bridgehead atoms. The molecular formula is C18H22N2O3S. The second-order valence-electron chi connectivity index (χ2n) is 5.44. The Labute approximate surface area is 143 Å². The molecular weight excluding hydrogens is 324 g/mol. The largest absolute Gasteiger partial charge is 0.313 e. The van der Waals surface area contributed by atoms with E-state index in [9.17, 15) is 13.2 Å². The van der Waals surface area contributed by atoms with Gasteiger partial charge in [-0.05, 0) is 43.7 Å². The van der Waals surface area contributed by atoms with Crippen molar-refractivity contribution < 1.29 is 13.2 Å². The van der Waals surface area contributed by atoms with Gasteiger partial charge in [0.15, 0.2) is 0 Å². The lowest BCUT2D eigenvalue weighted by Gasteiger charge is -2.21. The van der Waals surface area contributed by atoms with Crippen LogP contribution >= 0.6 is 0 Å². The molecule has 24 heavy (non-hydrogen) atoms. The Morgan fingerprint density at radius 3 is 2.42 bits per heavy atom. The molecule has 0 aliphatic carbocycles. The number of hydrogen-bond donors (Lipinski definition) is 1. The fraction of sp³-hybridized carbons (Fsp3) is 0.278. The molecule has 0 unspecified atom stereocenters. The first-order chi connectivity index (χ1) is 11.4. The number of hydrogen-bond acceptors (Lipinski definition) is 3. The van der Waals surface area contributed by atoms with Crippen LogP contribution in [0.4, 0.5) is 5.69 Å². The average molecular weight is 346 g/mol.